The lowest BCUT2D eigenvalue weighted by molar-refractivity contribution is 0.589. The van der Waals surface area contributed by atoms with Crippen LogP contribution in [0.1, 0.15) is 6.92 Å². The minimum Gasteiger partial charge on any atom is -0.356 e. The van der Waals surface area contributed by atoms with Gasteiger partial charge in [-0.2, -0.15) is 5.26 Å². The van der Waals surface area contributed by atoms with Gasteiger partial charge in [-0.15, -0.1) is 4.99 Å². The normalized spacial score (nSPS) is 10.4. The summed E-state index contributed by atoms with van der Waals surface area (Å²) in [6.07, 6.45) is 1.72. The average Bonchev–Trinajstić information content (AvgIpc) is 1.87. The smallest absolute Gasteiger partial charge is 0.209 e. The van der Waals surface area contributed by atoms with Gasteiger partial charge in [0.25, 0.3) is 0 Å². The topological polar surface area (TPSA) is 51.4 Å². The van der Waals surface area contributed by atoms with E-state index < -0.39 is 0 Å². The van der Waals surface area contributed by atoms with Gasteiger partial charge in [-0.3, -0.25) is 0 Å². The summed E-state index contributed by atoms with van der Waals surface area (Å²) < 4.78 is 0. The van der Waals surface area contributed by atoms with Crippen LogP contribution in [0.4, 0.5) is 0 Å². The van der Waals surface area contributed by atoms with Gasteiger partial charge in [0.15, 0.2) is 0 Å². The Hall–Kier alpha value is -1.24. The van der Waals surface area contributed by atoms with Gasteiger partial charge >= 0.3 is 0 Å². The molecule has 0 aromatic rings. The number of nitrogens with zero attached hydrogens (tertiary/aromatic N) is 3. The maximum absolute atomic E-state index is 8.21. The molecular weight excluding hydrogens is 128 g/mol. The molecular formula is C6H12N4. The molecule has 0 fully saturated rings. The highest BCUT2D eigenvalue weighted by molar-refractivity contribution is 5.80. The summed E-state index contributed by atoms with van der Waals surface area (Å²) in [4.78, 5) is 5.31. The van der Waals surface area contributed by atoms with Gasteiger partial charge in [0, 0.05) is 20.6 Å². The van der Waals surface area contributed by atoms with Crippen molar-refractivity contribution in [3.05, 3.63) is 0 Å². The number of nitriles is 1. The fourth-order valence-corrected chi connectivity index (χ4v) is 0.503. The van der Waals surface area contributed by atoms with Crippen molar-refractivity contribution in [2.45, 2.75) is 6.92 Å². The van der Waals surface area contributed by atoms with Crippen molar-refractivity contribution in [2.75, 3.05) is 20.6 Å². The van der Waals surface area contributed by atoms with Crippen LogP contribution in [0.3, 0.4) is 0 Å². The molecule has 0 unspecified atom stereocenters. The Labute approximate surface area is 61.2 Å². The molecule has 0 rings (SSSR count). The summed E-state index contributed by atoms with van der Waals surface area (Å²) in [6.45, 7) is 2.73. The van der Waals surface area contributed by atoms with Crippen LogP contribution in [-0.2, 0) is 0 Å². The highest BCUT2D eigenvalue weighted by atomic mass is 15.3. The van der Waals surface area contributed by atoms with E-state index in [0.29, 0.717) is 5.96 Å². The van der Waals surface area contributed by atoms with Crippen molar-refractivity contribution in [3.8, 4) is 6.19 Å². The van der Waals surface area contributed by atoms with Gasteiger partial charge in [0.1, 0.15) is 0 Å². The molecule has 0 aromatic heterocycles. The molecule has 0 amide bonds. The first-order valence-corrected chi connectivity index (χ1v) is 3.10. The van der Waals surface area contributed by atoms with Crippen molar-refractivity contribution in [1.29, 1.82) is 5.26 Å². The van der Waals surface area contributed by atoms with E-state index in [-0.39, 0.29) is 0 Å². The highest BCUT2D eigenvalue weighted by Crippen LogP contribution is 1.77. The van der Waals surface area contributed by atoms with Crippen LogP contribution in [0.5, 0.6) is 0 Å². The molecule has 0 aromatic carbocycles. The molecule has 1 N–H and O–H groups in total. The zero-order valence-corrected chi connectivity index (χ0v) is 6.55. The third-order valence-electron chi connectivity index (χ3n) is 0.914. The number of hydrogen-bond acceptors (Lipinski definition) is 2. The van der Waals surface area contributed by atoms with Gasteiger partial charge in [0.05, 0.1) is 0 Å². The lowest BCUT2D eigenvalue weighted by Gasteiger charge is -2.13. The first-order valence-electron chi connectivity index (χ1n) is 3.10. The first kappa shape index (κ1) is 8.76. The van der Waals surface area contributed by atoms with E-state index in [4.69, 9.17) is 5.26 Å². The predicted molar refractivity (Wildman–Crippen MR) is 40.4 cm³/mol. The van der Waals surface area contributed by atoms with Crippen molar-refractivity contribution in [1.82, 2.24) is 10.2 Å². The number of hydrogen-bond donors (Lipinski definition) is 1. The molecule has 0 aliphatic rings. The lowest BCUT2D eigenvalue weighted by atomic mass is 10.7. The molecule has 10 heavy (non-hydrogen) atoms. The number of aliphatic imine (C=N–C) groups is 1. The number of nitrogens with one attached hydrogen (secondary N) is 1. The molecule has 0 aliphatic heterocycles. The van der Waals surface area contributed by atoms with Crippen molar-refractivity contribution >= 4 is 5.96 Å². The molecule has 0 atom stereocenters. The zero-order valence-electron chi connectivity index (χ0n) is 6.55. The maximum Gasteiger partial charge on any atom is 0.209 e. The van der Waals surface area contributed by atoms with Crippen LogP contribution in [0.2, 0.25) is 0 Å². The van der Waals surface area contributed by atoms with E-state index in [1.165, 1.54) is 0 Å². The number of guanidine groups is 1. The molecule has 0 saturated heterocycles. The SMILES string of the molecule is CCN/C(=N/C#N)N(C)C. The van der Waals surface area contributed by atoms with E-state index in [9.17, 15) is 0 Å². The van der Waals surface area contributed by atoms with Gasteiger partial charge < -0.3 is 10.2 Å². The molecule has 4 nitrogen and oxygen atoms in total. The van der Waals surface area contributed by atoms with Gasteiger partial charge in [-0.1, -0.05) is 0 Å². The Balaban J connectivity index is 4.01. The summed E-state index contributed by atoms with van der Waals surface area (Å²) in [5.41, 5.74) is 0. The second-order valence-corrected chi connectivity index (χ2v) is 1.96. The minimum absolute atomic E-state index is 0.602. The van der Waals surface area contributed by atoms with Crippen molar-refractivity contribution < 1.29 is 0 Å². The summed E-state index contributed by atoms with van der Waals surface area (Å²) in [7, 11) is 3.66. The Morgan fingerprint density at radius 2 is 2.30 bits per heavy atom. The summed E-state index contributed by atoms with van der Waals surface area (Å²) in [6, 6.07) is 0. The second kappa shape index (κ2) is 4.62. The summed E-state index contributed by atoms with van der Waals surface area (Å²) >= 11 is 0. The summed E-state index contributed by atoms with van der Waals surface area (Å²) in [5.74, 6) is 0.602. The van der Waals surface area contributed by atoms with Crippen LogP contribution in [0.25, 0.3) is 0 Å². The van der Waals surface area contributed by atoms with E-state index in [1.807, 2.05) is 21.0 Å². The third-order valence-corrected chi connectivity index (χ3v) is 0.914. The fraction of sp³-hybridized carbons (Fsp3) is 0.667. The van der Waals surface area contributed by atoms with Crippen LogP contribution in [-0.4, -0.2) is 31.5 Å². The van der Waals surface area contributed by atoms with Crippen LogP contribution in [0.15, 0.2) is 4.99 Å². The van der Waals surface area contributed by atoms with Crippen molar-refractivity contribution in [2.24, 2.45) is 4.99 Å². The Morgan fingerprint density at radius 1 is 1.70 bits per heavy atom. The van der Waals surface area contributed by atoms with Crippen LogP contribution in [0, 0.1) is 11.5 Å². The van der Waals surface area contributed by atoms with Gasteiger partial charge in [-0.05, 0) is 6.92 Å². The van der Waals surface area contributed by atoms with E-state index in [0.717, 1.165) is 6.54 Å². The molecule has 0 aliphatic carbocycles. The van der Waals surface area contributed by atoms with E-state index >= 15 is 0 Å². The Morgan fingerprint density at radius 3 is 2.60 bits per heavy atom. The Kier molecular flexibility index (Phi) is 4.05. The number of rotatable bonds is 1. The largest absolute Gasteiger partial charge is 0.356 e. The molecule has 0 bridgehead atoms. The molecule has 56 valence electrons. The Bertz CT molecular complexity index is 154. The lowest BCUT2D eigenvalue weighted by Crippen LogP contribution is -2.35. The minimum atomic E-state index is 0.602. The fourth-order valence-electron chi connectivity index (χ4n) is 0.503. The quantitative estimate of drug-likeness (QED) is 0.317. The maximum atomic E-state index is 8.21. The molecule has 4 heteroatoms. The van der Waals surface area contributed by atoms with E-state index in [2.05, 4.69) is 10.3 Å². The average molecular weight is 140 g/mol. The second-order valence-electron chi connectivity index (χ2n) is 1.96. The van der Waals surface area contributed by atoms with Gasteiger partial charge in [0.2, 0.25) is 12.2 Å². The first-order chi connectivity index (χ1) is 4.72. The van der Waals surface area contributed by atoms with Crippen LogP contribution >= 0.6 is 0 Å². The standard InChI is InChI=1S/C6H12N4/c1-4-8-6(9-5-7)10(2)3/h4H2,1-3H3,(H,8,9). The van der Waals surface area contributed by atoms with Crippen molar-refractivity contribution in [3.63, 3.8) is 0 Å². The zero-order chi connectivity index (χ0) is 7.98. The molecule has 0 radical (unpaired) electrons. The highest BCUT2D eigenvalue weighted by Gasteiger charge is 1.96. The molecule has 0 heterocycles. The monoisotopic (exact) mass is 140 g/mol. The third kappa shape index (κ3) is 2.92. The van der Waals surface area contributed by atoms with Gasteiger partial charge in [-0.25, -0.2) is 0 Å². The predicted octanol–water partition coefficient (Wildman–Crippen LogP) is -0.00542. The van der Waals surface area contributed by atoms with Crippen LogP contribution < -0.4 is 5.32 Å². The molecule has 0 spiro atoms. The van der Waals surface area contributed by atoms with E-state index in [1.54, 1.807) is 11.1 Å². The summed E-state index contributed by atoms with van der Waals surface area (Å²) in [5, 5.41) is 11.1. The molecule has 0 saturated carbocycles.